The summed E-state index contributed by atoms with van der Waals surface area (Å²) in [7, 11) is 0. The van der Waals surface area contributed by atoms with Crippen LogP contribution in [0.3, 0.4) is 0 Å². The smallest absolute Gasteiger partial charge is 0.256 e. The predicted octanol–water partition coefficient (Wildman–Crippen LogP) is 3.45. The van der Waals surface area contributed by atoms with Gasteiger partial charge in [0.05, 0.1) is 6.61 Å². The summed E-state index contributed by atoms with van der Waals surface area (Å²) in [5.41, 5.74) is 0.644. The van der Waals surface area contributed by atoms with Crippen molar-refractivity contribution in [3.8, 4) is 5.75 Å². The number of ether oxygens (including phenoxy) is 6. The van der Waals surface area contributed by atoms with Gasteiger partial charge in [-0.25, -0.2) is 0 Å². The van der Waals surface area contributed by atoms with Gasteiger partial charge in [0.1, 0.15) is 24.1 Å². The highest BCUT2D eigenvalue weighted by molar-refractivity contribution is 5.94. The van der Waals surface area contributed by atoms with Gasteiger partial charge in [-0.05, 0) is 64.3 Å². The van der Waals surface area contributed by atoms with E-state index in [0.717, 1.165) is 12.2 Å². The molecule has 3 heterocycles. The molecule has 8 heteroatoms. The maximum atomic E-state index is 13.1. The minimum absolute atomic E-state index is 0.323. The average molecular weight is 436 g/mol. The van der Waals surface area contributed by atoms with Gasteiger partial charge in [0, 0.05) is 5.69 Å². The molecule has 8 nitrogen and oxygen atoms in total. The summed E-state index contributed by atoms with van der Waals surface area (Å²) in [5, 5.41) is 2.90. The Morgan fingerprint density at radius 2 is 1.58 bits per heavy atom. The molecule has 1 amide bonds. The third-order valence-corrected chi connectivity index (χ3v) is 5.50. The molecule has 3 saturated heterocycles. The molecule has 0 saturated carbocycles. The van der Waals surface area contributed by atoms with E-state index in [9.17, 15) is 4.79 Å². The van der Waals surface area contributed by atoms with Crippen LogP contribution < -0.4 is 10.1 Å². The summed E-state index contributed by atoms with van der Waals surface area (Å²) in [6.45, 7) is 12.2. The Labute approximate surface area is 183 Å². The lowest BCUT2D eigenvalue weighted by molar-refractivity contribution is -0.229. The van der Waals surface area contributed by atoms with E-state index in [4.69, 9.17) is 28.4 Å². The predicted molar refractivity (Wildman–Crippen MR) is 113 cm³/mol. The van der Waals surface area contributed by atoms with Gasteiger partial charge >= 0.3 is 0 Å². The highest BCUT2D eigenvalue weighted by Gasteiger charge is 2.62. The number of nitrogens with one attached hydrogen (secondary N) is 1. The number of rotatable bonds is 6. The maximum Gasteiger partial charge on any atom is 0.256 e. The molecule has 3 aliphatic rings. The number of carbonyl (C=O) groups is 1. The number of amides is 1. The fourth-order valence-electron chi connectivity index (χ4n) is 4.08. The number of hydrogen-bond donors (Lipinski definition) is 1. The second-order valence-corrected chi connectivity index (χ2v) is 9.63. The zero-order valence-electron chi connectivity index (χ0n) is 19.0. The van der Waals surface area contributed by atoms with Gasteiger partial charge in [-0.15, -0.1) is 0 Å². The molecule has 172 valence electrons. The van der Waals surface area contributed by atoms with Crippen molar-refractivity contribution >= 4 is 11.6 Å². The van der Waals surface area contributed by atoms with Crippen molar-refractivity contribution in [2.24, 2.45) is 5.92 Å². The second kappa shape index (κ2) is 8.33. The van der Waals surface area contributed by atoms with Gasteiger partial charge in [-0.3, -0.25) is 4.79 Å². The summed E-state index contributed by atoms with van der Waals surface area (Å²) in [6, 6.07) is 7.29. The zero-order chi connectivity index (χ0) is 22.4. The van der Waals surface area contributed by atoms with Gasteiger partial charge in [-0.2, -0.15) is 0 Å². The summed E-state index contributed by atoms with van der Waals surface area (Å²) >= 11 is 0. The summed E-state index contributed by atoms with van der Waals surface area (Å²) < 4.78 is 35.6. The Balaban J connectivity index is 1.43. The van der Waals surface area contributed by atoms with E-state index in [2.05, 4.69) is 19.2 Å². The standard InChI is InChI=1S/C23H33NO7/c1-13(2)11-12-26-15-9-7-14(8-10-15)24-20(25)18-16-17(29-22(3,4)28-16)19-21(27-18)31-23(5,6)30-19/h7-10,13,16-19,21H,11-12H2,1-6H3,(H,24,25)/t16-,17-,18-,19+,21-/m0/s1. The Bertz CT molecular complexity index is 792. The van der Waals surface area contributed by atoms with Gasteiger partial charge < -0.3 is 33.7 Å². The molecule has 0 radical (unpaired) electrons. The Morgan fingerprint density at radius 3 is 2.26 bits per heavy atom. The molecule has 0 unspecified atom stereocenters. The molecule has 5 atom stereocenters. The van der Waals surface area contributed by atoms with Crippen molar-refractivity contribution in [1.29, 1.82) is 0 Å². The van der Waals surface area contributed by atoms with Crippen LogP contribution in [0.4, 0.5) is 5.69 Å². The van der Waals surface area contributed by atoms with Crippen LogP contribution in [0.2, 0.25) is 0 Å². The topological polar surface area (TPSA) is 84.5 Å². The largest absolute Gasteiger partial charge is 0.494 e. The lowest BCUT2D eigenvalue weighted by Crippen LogP contribution is -2.58. The van der Waals surface area contributed by atoms with E-state index in [0.29, 0.717) is 18.2 Å². The average Bonchev–Trinajstić information content (AvgIpc) is 3.16. The van der Waals surface area contributed by atoms with Crippen LogP contribution in [0.25, 0.3) is 0 Å². The lowest BCUT2D eigenvalue weighted by atomic mass is 9.98. The number of carbonyl (C=O) groups excluding carboxylic acids is 1. The third kappa shape index (κ3) is 5.04. The molecular weight excluding hydrogens is 402 g/mol. The molecule has 1 N–H and O–H groups in total. The maximum absolute atomic E-state index is 13.1. The monoisotopic (exact) mass is 435 g/mol. The van der Waals surface area contributed by atoms with Gasteiger partial charge in [0.25, 0.3) is 5.91 Å². The van der Waals surface area contributed by atoms with Crippen LogP contribution in [-0.2, 0) is 28.5 Å². The zero-order valence-corrected chi connectivity index (χ0v) is 19.0. The highest BCUT2D eigenvalue weighted by Crippen LogP contribution is 2.44. The Hall–Kier alpha value is -1.71. The van der Waals surface area contributed by atoms with Crippen molar-refractivity contribution in [3.63, 3.8) is 0 Å². The van der Waals surface area contributed by atoms with E-state index in [-0.39, 0.29) is 5.91 Å². The van der Waals surface area contributed by atoms with Crippen molar-refractivity contribution < 1.29 is 33.2 Å². The lowest BCUT2D eigenvalue weighted by Gasteiger charge is -2.36. The molecule has 3 aliphatic heterocycles. The molecule has 0 aromatic heterocycles. The van der Waals surface area contributed by atoms with Crippen LogP contribution in [0.5, 0.6) is 5.75 Å². The minimum atomic E-state index is -0.896. The highest BCUT2D eigenvalue weighted by atomic mass is 16.9. The van der Waals surface area contributed by atoms with Crippen LogP contribution in [-0.4, -0.2) is 54.8 Å². The molecule has 1 aromatic rings. The second-order valence-electron chi connectivity index (χ2n) is 9.63. The van der Waals surface area contributed by atoms with Gasteiger partial charge in [0.15, 0.2) is 24.0 Å². The quantitative estimate of drug-likeness (QED) is 0.733. The van der Waals surface area contributed by atoms with Crippen LogP contribution in [0.1, 0.15) is 48.0 Å². The molecule has 31 heavy (non-hydrogen) atoms. The van der Waals surface area contributed by atoms with E-state index in [1.807, 2.05) is 39.8 Å². The first kappa shape index (κ1) is 22.5. The van der Waals surface area contributed by atoms with E-state index >= 15 is 0 Å². The van der Waals surface area contributed by atoms with Gasteiger partial charge in [0.2, 0.25) is 0 Å². The first-order valence-electron chi connectivity index (χ1n) is 10.9. The van der Waals surface area contributed by atoms with Crippen molar-refractivity contribution in [1.82, 2.24) is 0 Å². The van der Waals surface area contributed by atoms with Crippen LogP contribution in [0.15, 0.2) is 24.3 Å². The van der Waals surface area contributed by atoms with E-state index in [1.54, 1.807) is 12.1 Å². The first-order valence-corrected chi connectivity index (χ1v) is 10.9. The van der Waals surface area contributed by atoms with Crippen LogP contribution in [0, 0.1) is 5.92 Å². The molecule has 0 aliphatic carbocycles. The number of anilines is 1. The fraction of sp³-hybridized carbons (Fsp3) is 0.696. The molecule has 0 bridgehead atoms. The van der Waals surface area contributed by atoms with E-state index in [1.165, 1.54) is 0 Å². The van der Waals surface area contributed by atoms with Crippen LogP contribution >= 0.6 is 0 Å². The number of fused-ring (bicyclic) bond motifs is 3. The molecule has 1 aromatic carbocycles. The third-order valence-electron chi connectivity index (χ3n) is 5.50. The molecule has 3 fully saturated rings. The minimum Gasteiger partial charge on any atom is -0.494 e. The van der Waals surface area contributed by atoms with Crippen molar-refractivity contribution in [3.05, 3.63) is 24.3 Å². The van der Waals surface area contributed by atoms with Gasteiger partial charge in [-0.1, -0.05) is 13.8 Å². The van der Waals surface area contributed by atoms with Crippen molar-refractivity contribution in [2.45, 2.75) is 90.2 Å². The normalized spacial score (nSPS) is 33.1. The summed E-state index contributed by atoms with van der Waals surface area (Å²) in [4.78, 5) is 13.1. The number of benzene rings is 1. The fourth-order valence-corrected chi connectivity index (χ4v) is 4.08. The first-order chi connectivity index (χ1) is 14.5. The summed E-state index contributed by atoms with van der Waals surface area (Å²) in [6.07, 6.45) is -2.15. The SMILES string of the molecule is CC(C)CCOc1ccc(NC(=O)[C@H]2O[C@H]3OC(C)(C)O[C@@H]3[C@H]3OC(C)(C)O[C@@H]32)cc1. The summed E-state index contributed by atoms with van der Waals surface area (Å²) in [5.74, 6) is -0.645. The molecule has 0 spiro atoms. The van der Waals surface area contributed by atoms with Crippen molar-refractivity contribution in [2.75, 3.05) is 11.9 Å². The Kier molecular flexibility index (Phi) is 6.04. The Morgan fingerprint density at radius 1 is 0.968 bits per heavy atom. The van der Waals surface area contributed by atoms with E-state index < -0.39 is 42.3 Å². The molecule has 4 rings (SSSR count). The number of hydrogen-bond acceptors (Lipinski definition) is 7. The molecular formula is C23H33NO7.